The van der Waals surface area contributed by atoms with E-state index in [0.717, 1.165) is 18.2 Å². The van der Waals surface area contributed by atoms with Crippen LogP contribution in [0.25, 0.3) is 0 Å². The van der Waals surface area contributed by atoms with Crippen molar-refractivity contribution in [1.29, 1.82) is 5.26 Å². The molecule has 2 rings (SSSR count). The van der Waals surface area contributed by atoms with Gasteiger partial charge in [0.15, 0.2) is 3.78 Å². The summed E-state index contributed by atoms with van der Waals surface area (Å²) in [6.07, 6.45) is -4.41. The van der Waals surface area contributed by atoms with Gasteiger partial charge in [-0.15, -0.1) is 0 Å². The Labute approximate surface area is 165 Å². The van der Waals surface area contributed by atoms with Gasteiger partial charge in [0.05, 0.1) is 16.7 Å². The molecule has 0 radical (unpaired) electrons. The first-order valence-corrected chi connectivity index (χ1v) is 8.56. The molecule has 1 atom stereocenters. The van der Waals surface area contributed by atoms with Crippen molar-refractivity contribution in [2.75, 3.05) is 0 Å². The second-order valence-electron chi connectivity index (χ2n) is 4.99. The van der Waals surface area contributed by atoms with Crippen molar-refractivity contribution in [3.8, 4) is 17.6 Å². The van der Waals surface area contributed by atoms with Gasteiger partial charge in [-0.1, -0.05) is 50.7 Å². The Bertz CT molecular complexity index is 834. The molecular formula is C16H8BrCl3F3NO. The predicted octanol–water partition coefficient (Wildman–Crippen LogP) is 7.20. The highest BCUT2D eigenvalue weighted by atomic mass is 79.9. The van der Waals surface area contributed by atoms with Crippen LogP contribution in [-0.4, -0.2) is 3.78 Å². The highest BCUT2D eigenvalue weighted by Crippen LogP contribution is 2.38. The van der Waals surface area contributed by atoms with E-state index in [4.69, 9.17) is 44.8 Å². The summed E-state index contributed by atoms with van der Waals surface area (Å²) in [5.74, 6) is 0.346. The van der Waals surface area contributed by atoms with E-state index in [1.165, 1.54) is 18.2 Å². The van der Waals surface area contributed by atoms with Crippen molar-refractivity contribution in [1.82, 2.24) is 0 Å². The number of benzene rings is 2. The second-order valence-corrected chi connectivity index (χ2v) is 8.26. The number of hydrogen-bond donors (Lipinski definition) is 0. The molecule has 0 aliphatic rings. The number of halogens is 7. The maximum atomic E-state index is 12.7. The molecule has 25 heavy (non-hydrogen) atoms. The van der Waals surface area contributed by atoms with Gasteiger partial charge < -0.3 is 4.74 Å². The van der Waals surface area contributed by atoms with E-state index in [1.807, 2.05) is 6.07 Å². The van der Waals surface area contributed by atoms with E-state index in [-0.39, 0.29) is 17.2 Å². The van der Waals surface area contributed by atoms with Gasteiger partial charge in [-0.3, -0.25) is 0 Å². The van der Waals surface area contributed by atoms with Crippen molar-refractivity contribution in [2.45, 2.75) is 16.4 Å². The number of alkyl halides is 5. The smallest absolute Gasteiger partial charge is 0.416 e. The molecule has 1 unspecified atom stereocenters. The highest BCUT2D eigenvalue weighted by Gasteiger charge is 2.31. The molecule has 132 valence electrons. The lowest BCUT2D eigenvalue weighted by molar-refractivity contribution is -0.137. The molecule has 0 fully saturated rings. The van der Waals surface area contributed by atoms with Crippen LogP contribution in [0.1, 0.15) is 11.1 Å². The summed E-state index contributed by atoms with van der Waals surface area (Å²) >= 11 is 20.9. The Morgan fingerprint density at radius 1 is 1.08 bits per heavy atom. The Hall–Kier alpha value is -1.13. The number of nitriles is 1. The molecule has 0 saturated carbocycles. The quantitative estimate of drug-likeness (QED) is 0.440. The topological polar surface area (TPSA) is 33.0 Å². The average Bonchev–Trinajstić information content (AvgIpc) is 2.51. The summed E-state index contributed by atoms with van der Waals surface area (Å²) in [5.41, 5.74) is -0.350. The van der Waals surface area contributed by atoms with Crippen molar-refractivity contribution in [3.63, 3.8) is 0 Å². The van der Waals surface area contributed by atoms with Crippen LogP contribution in [0.2, 0.25) is 10.0 Å². The zero-order valence-corrected chi connectivity index (χ0v) is 16.0. The minimum Gasteiger partial charge on any atom is -0.456 e. The van der Waals surface area contributed by atoms with Crippen LogP contribution >= 0.6 is 50.7 Å². The number of hydrogen-bond acceptors (Lipinski definition) is 2. The van der Waals surface area contributed by atoms with Crippen LogP contribution in [0.3, 0.4) is 0 Å². The van der Waals surface area contributed by atoms with Gasteiger partial charge in [-0.2, -0.15) is 18.4 Å². The third-order valence-electron chi connectivity index (χ3n) is 3.08. The van der Waals surface area contributed by atoms with Gasteiger partial charge in [0.1, 0.15) is 11.5 Å². The SMILES string of the molecule is N#CC(Cl)(Br)Cc1cc(Oc2ccc(C(F)(F)F)cc2Cl)ccc1Cl. The average molecular weight is 474 g/mol. The van der Waals surface area contributed by atoms with Gasteiger partial charge >= 0.3 is 6.18 Å². The third kappa shape index (κ3) is 5.42. The molecule has 2 aromatic rings. The summed E-state index contributed by atoms with van der Waals surface area (Å²) in [6, 6.07) is 9.24. The number of nitrogens with zero attached hydrogens (tertiary/aromatic N) is 1. The molecule has 0 spiro atoms. The molecule has 0 heterocycles. The second kappa shape index (κ2) is 7.63. The Kier molecular flexibility index (Phi) is 6.16. The lowest BCUT2D eigenvalue weighted by Gasteiger charge is -2.15. The first-order valence-electron chi connectivity index (χ1n) is 6.64. The fraction of sp³-hybridized carbons (Fsp3) is 0.188. The van der Waals surface area contributed by atoms with Crippen LogP contribution in [0, 0.1) is 11.3 Å². The zero-order chi connectivity index (χ0) is 18.8. The molecule has 0 aliphatic heterocycles. The van der Waals surface area contributed by atoms with Gasteiger partial charge in [-0.05, 0) is 42.0 Å². The molecule has 2 aromatic carbocycles. The first kappa shape index (κ1) is 20.2. The molecule has 0 saturated heterocycles. The van der Waals surface area contributed by atoms with Gasteiger partial charge in [0.25, 0.3) is 0 Å². The fourth-order valence-electron chi connectivity index (χ4n) is 1.92. The standard InChI is InChI=1S/C16H8BrCl3F3NO/c17-15(20,8-24)7-9-5-11(2-3-12(9)18)25-14-4-1-10(6-13(14)19)16(21,22)23/h1-6H,7H2. The van der Waals surface area contributed by atoms with E-state index in [0.29, 0.717) is 16.3 Å². The van der Waals surface area contributed by atoms with Crippen molar-refractivity contribution >= 4 is 50.7 Å². The molecule has 0 aromatic heterocycles. The first-order chi connectivity index (χ1) is 11.5. The lowest BCUT2D eigenvalue weighted by Crippen LogP contribution is -2.12. The normalized spacial score (nSPS) is 13.8. The van der Waals surface area contributed by atoms with E-state index < -0.39 is 15.5 Å². The Morgan fingerprint density at radius 2 is 1.76 bits per heavy atom. The van der Waals surface area contributed by atoms with Crippen LogP contribution < -0.4 is 4.74 Å². The summed E-state index contributed by atoms with van der Waals surface area (Å²) < 4.78 is 42.2. The lowest BCUT2D eigenvalue weighted by atomic mass is 10.1. The highest BCUT2D eigenvalue weighted by molar-refractivity contribution is 9.10. The Morgan fingerprint density at radius 3 is 2.32 bits per heavy atom. The fourth-order valence-corrected chi connectivity index (χ4v) is 2.77. The maximum Gasteiger partial charge on any atom is 0.416 e. The van der Waals surface area contributed by atoms with Crippen LogP contribution in [-0.2, 0) is 12.6 Å². The predicted molar refractivity (Wildman–Crippen MR) is 94.8 cm³/mol. The summed E-state index contributed by atoms with van der Waals surface area (Å²) in [5, 5.41) is 9.15. The summed E-state index contributed by atoms with van der Waals surface area (Å²) in [6.45, 7) is 0. The number of rotatable bonds is 4. The van der Waals surface area contributed by atoms with Gasteiger partial charge in [0.2, 0.25) is 0 Å². The molecule has 0 amide bonds. The van der Waals surface area contributed by atoms with E-state index in [1.54, 1.807) is 0 Å². The minimum absolute atomic E-state index is 0.0548. The molecule has 0 N–H and O–H groups in total. The minimum atomic E-state index is -4.49. The molecular weight excluding hydrogens is 465 g/mol. The molecule has 0 aliphatic carbocycles. The number of ether oxygens (including phenoxy) is 1. The summed E-state index contributed by atoms with van der Waals surface area (Å²) in [7, 11) is 0. The maximum absolute atomic E-state index is 12.7. The molecule has 2 nitrogen and oxygen atoms in total. The molecule has 0 bridgehead atoms. The van der Waals surface area contributed by atoms with Crippen LogP contribution in [0.5, 0.6) is 11.5 Å². The largest absolute Gasteiger partial charge is 0.456 e. The zero-order valence-electron chi connectivity index (χ0n) is 12.2. The van der Waals surface area contributed by atoms with E-state index >= 15 is 0 Å². The van der Waals surface area contributed by atoms with Gasteiger partial charge in [0, 0.05) is 11.4 Å². The van der Waals surface area contributed by atoms with Crippen molar-refractivity contribution in [2.24, 2.45) is 0 Å². The van der Waals surface area contributed by atoms with Crippen LogP contribution in [0.4, 0.5) is 13.2 Å². The Balaban J connectivity index is 2.28. The molecule has 9 heteroatoms. The third-order valence-corrected chi connectivity index (χ3v) is 4.42. The van der Waals surface area contributed by atoms with Crippen molar-refractivity contribution < 1.29 is 17.9 Å². The monoisotopic (exact) mass is 471 g/mol. The van der Waals surface area contributed by atoms with Crippen LogP contribution in [0.15, 0.2) is 36.4 Å². The summed E-state index contributed by atoms with van der Waals surface area (Å²) in [4.78, 5) is 0. The van der Waals surface area contributed by atoms with E-state index in [9.17, 15) is 13.2 Å². The van der Waals surface area contributed by atoms with E-state index in [2.05, 4.69) is 15.9 Å². The van der Waals surface area contributed by atoms with Crippen molar-refractivity contribution in [3.05, 3.63) is 57.6 Å². The van der Waals surface area contributed by atoms with Gasteiger partial charge in [-0.25, -0.2) is 0 Å².